The molecule has 2 aromatic rings. The highest BCUT2D eigenvalue weighted by Gasteiger charge is 2.47. The van der Waals surface area contributed by atoms with E-state index in [1.807, 2.05) is 36.4 Å². The minimum atomic E-state index is -1.21. The maximum atomic E-state index is 13.3. The zero-order valence-corrected chi connectivity index (χ0v) is 18.7. The number of nitrogens with zero attached hydrogens (tertiary/aromatic N) is 1. The quantitative estimate of drug-likeness (QED) is 0.708. The Bertz CT molecular complexity index is 1120. The highest BCUT2D eigenvalue weighted by atomic mass is 16.6. The second kappa shape index (κ2) is 8.95. The summed E-state index contributed by atoms with van der Waals surface area (Å²) in [6, 6.07) is 16.2. The van der Waals surface area contributed by atoms with Crippen molar-refractivity contribution in [2.24, 2.45) is 0 Å². The van der Waals surface area contributed by atoms with Crippen LogP contribution < -0.4 is 5.32 Å². The summed E-state index contributed by atoms with van der Waals surface area (Å²) in [5.41, 5.74) is 3.59. The van der Waals surface area contributed by atoms with E-state index < -0.39 is 17.6 Å². The maximum Gasteiger partial charge on any atom is 0.408 e. The smallest absolute Gasteiger partial charge is 0.408 e. The van der Waals surface area contributed by atoms with Gasteiger partial charge in [-0.1, -0.05) is 54.6 Å². The average Bonchev–Trinajstić information content (AvgIpc) is 3.46. The highest BCUT2D eigenvalue weighted by Crippen LogP contribution is 2.44. The molecule has 2 aliphatic heterocycles. The summed E-state index contributed by atoms with van der Waals surface area (Å²) in [5, 5.41) is 11.9. The Hall–Kier alpha value is -3.65. The molecular formula is C26H26N2O6. The lowest BCUT2D eigenvalue weighted by atomic mass is 9.95. The molecule has 2 N–H and O–H groups in total. The Morgan fingerprint density at radius 1 is 1.09 bits per heavy atom. The van der Waals surface area contributed by atoms with Crippen LogP contribution in [-0.2, 0) is 19.1 Å². The molecule has 0 spiro atoms. The van der Waals surface area contributed by atoms with E-state index in [0.717, 1.165) is 22.3 Å². The maximum absolute atomic E-state index is 13.3. The second-order valence-electron chi connectivity index (χ2n) is 8.87. The van der Waals surface area contributed by atoms with Gasteiger partial charge in [0.1, 0.15) is 12.1 Å². The lowest BCUT2D eigenvalue weighted by Gasteiger charge is -2.35. The van der Waals surface area contributed by atoms with Crippen molar-refractivity contribution in [3.05, 3.63) is 71.3 Å². The van der Waals surface area contributed by atoms with Crippen molar-refractivity contribution in [1.82, 2.24) is 10.2 Å². The normalized spacial score (nSPS) is 21.4. The standard InChI is InChI=1S/C26H26N2O6/c29-23(30)17-9-12-28(13-10-17)24(31)26(11-14-33-16-26)27-25(32)34-15-22-20-7-3-1-5-18(20)19-6-2-4-8-21(19)22/h1-9,22H,10-16H2,(H,27,32)(H,29,30). The summed E-state index contributed by atoms with van der Waals surface area (Å²) in [4.78, 5) is 38.9. The van der Waals surface area contributed by atoms with Crippen LogP contribution in [0.25, 0.3) is 11.1 Å². The number of hydrogen-bond acceptors (Lipinski definition) is 5. The van der Waals surface area contributed by atoms with Crippen molar-refractivity contribution in [3.63, 3.8) is 0 Å². The van der Waals surface area contributed by atoms with E-state index in [1.165, 1.54) is 0 Å². The Balaban J connectivity index is 1.27. The van der Waals surface area contributed by atoms with Crippen LogP contribution in [0.4, 0.5) is 4.79 Å². The molecule has 176 valence electrons. The number of rotatable bonds is 5. The monoisotopic (exact) mass is 462 g/mol. The van der Waals surface area contributed by atoms with Crippen molar-refractivity contribution >= 4 is 18.0 Å². The number of carboxylic acid groups (broad SMARTS) is 1. The number of nitrogens with one attached hydrogen (secondary N) is 1. The van der Waals surface area contributed by atoms with E-state index in [9.17, 15) is 14.4 Å². The number of ether oxygens (including phenoxy) is 2. The van der Waals surface area contributed by atoms with E-state index >= 15 is 0 Å². The van der Waals surface area contributed by atoms with Crippen molar-refractivity contribution in [2.75, 3.05) is 32.9 Å². The third kappa shape index (κ3) is 3.94. The highest BCUT2D eigenvalue weighted by molar-refractivity contribution is 5.92. The zero-order chi connectivity index (χ0) is 23.7. The molecule has 1 atom stereocenters. The zero-order valence-electron chi connectivity index (χ0n) is 18.7. The van der Waals surface area contributed by atoms with Gasteiger partial charge >= 0.3 is 12.1 Å². The van der Waals surface area contributed by atoms with E-state index in [4.69, 9.17) is 14.6 Å². The van der Waals surface area contributed by atoms with Crippen LogP contribution in [0.1, 0.15) is 29.9 Å². The molecule has 8 nitrogen and oxygen atoms in total. The SMILES string of the molecule is O=C(NC1(C(=O)N2CC=C(C(=O)O)CC2)CCOC1)OCC1c2ccccc2-c2ccccc21. The van der Waals surface area contributed by atoms with Crippen LogP contribution in [-0.4, -0.2) is 66.4 Å². The van der Waals surface area contributed by atoms with Gasteiger partial charge in [0.15, 0.2) is 0 Å². The molecule has 1 fully saturated rings. The molecule has 1 saturated heterocycles. The van der Waals surface area contributed by atoms with Crippen LogP contribution in [0.5, 0.6) is 0 Å². The predicted molar refractivity (Wildman–Crippen MR) is 123 cm³/mol. The molecule has 0 aromatic heterocycles. The number of alkyl carbamates (subject to hydrolysis) is 1. The van der Waals surface area contributed by atoms with Gasteiger partial charge in [-0.3, -0.25) is 4.79 Å². The molecule has 0 bridgehead atoms. The molecule has 2 aromatic carbocycles. The van der Waals surface area contributed by atoms with Crippen molar-refractivity contribution < 1.29 is 29.0 Å². The molecule has 5 rings (SSSR count). The number of carbonyl (C=O) groups is 3. The van der Waals surface area contributed by atoms with Crippen LogP contribution in [0, 0.1) is 0 Å². The van der Waals surface area contributed by atoms with Crippen molar-refractivity contribution in [1.29, 1.82) is 0 Å². The molecular weight excluding hydrogens is 436 g/mol. The summed E-state index contributed by atoms with van der Waals surface area (Å²) in [6.07, 6.45) is 1.48. The Labute approximate surface area is 197 Å². The van der Waals surface area contributed by atoms with Gasteiger partial charge in [-0.25, -0.2) is 9.59 Å². The number of amides is 2. The van der Waals surface area contributed by atoms with Gasteiger partial charge in [0.25, 0.3) is 5.91 Å². The number of benzene rings is 2. The molecule has 8 heteroatoms. The summed E-state index contributed by atoms with van der Waals surface area (Å²) in [5.74, 6) is -1.33. The van der Waals surface area contributed by atoms with E-state index in [1.54, 1.807) is 11.0 Å². The first kappa shape index (κ1) is 22.2. The third-order valence-electron chi connectivity index (χ3n) is 6.89. The fraction of sp³-hybridized carbons (Fsp3) is 0.346. The van der Waals surface area contributed by atoms with E-state index in [-0.39, 0.29) is 44.5 Å². The van der Waals surface area contributed by atoms with Crippen LogP contribution in [0.15, 0.2) is 60.2 Å². The second-order valence-corrected chi connectivity index (χ2v) is 8.87. The van der Waals surface area contributed by atoms with Gasteiger partial charge in [0, 0.05) is 37.6 Å². The largest absolute Gasteiger partial charge is 0.478 e. The lowest BCUT2D eigenvalue weighted by Crippen LogP contribution is -2.61. The Morgan fingerprint density at radius 2 is 1.76 bits per heavy atom. The number of carboxylic acids is 1. The number of hydrogen-bond donors (Lipinski definition) is 2. The molecule has 1 aliphatic carbocycles. The summed E-state index contributed by atoms with van der Waals surface area (Å²) < 4.78 is 11.1. The van der Waals surface area contributed by atoms with Gasteiger partial charge in [0.2, 0.25) is 0 Å². The summed E-state index contributed by atoms with van der Waals surface area (Å²) in [6.45, 7) is 1.03. The number of fused-ring (bicyclic) bond motifs is 3. The first-order chi connectivity index (χ1) is 16.5. The van der Waals surface area contributed by atoms with Crippen LogP contribution >= 0.6 is 0 Å². The Morgan fingerprint density at radius 3 is 2.32 bits per heavy atom. The van der Waals surface area contributed by atoms with Gasteiger partial charge in [0.05, 0.1) is 6.61 Å². The van der Waals surface area contributed by atoms with Gasteiger partial charge < -0.3 is 24.8 Å². The van der Waals surface area contributed by atoms with Crippen LogP contribution in [0.3, 0.4) is 0 Å². The van der Waals surface area contributed by atoms with Gasteiger partial charge in [-0.05, 0) is 28.7 Å². The average molecular weight is 463 g/mol. The van der Waals surface area contributed by atoms with Crippen molar-refractivity contribution in [2.45, 2.75) is 24.3 Å². The minimum Gasteiger partial charge on any atom is -0.478 e. The van der Waals surface area contributed by atoms with Crippen molar-refractivity contribution in [3.8, 4) is 11.1 Å². The van der Waals surface area contributed by atoms with E-state index in [0.29, 0.717) is 18.6 Å². The van der Waals surface area contributed by atoms with E-state index in [2.05, 4.69) is 17.4 Å². The Kier molecular flexibility index (Phi) is 5.83. The fourth-order valence-corrected chi connectivity index (χ4v) is 5.07. The lowest BCUT2D eigenvalue weighted by molar-refractivity contribution is -0.139. The first-order valence-electron chi connectivity index (χ1n) is 11.4. The molecule has 3 aliphatic rings. The first-order valence-corrected chi connectivity index (χ1v) is 11.4. The molecule has 1 unspecified atom stereocenters. The molecule has 0 radical (unpaired) electrons. The molecule has 2 amide bonds. The summed E-state index contributed by atoms with van der Waals surface area (Å²) in [7, 11) is 0. The fourth-order valence-electron chi connectivity index (χ4n) is 5.07. The predicted octanol–water partition coefficient (Wildman–Crippen LogP) is 2.93. The minimum absolute atomic E-state index is 0.0576. The topological polar surface area (TPSA) is 105 Å². The molecule has 0 saturated carbocycles. The van der Waals surface area contributed by atoms with Gasteiger partial charge in [-0.15, -0.1) is 0 Å². The van der Waals surface area contributed by atoms with Gasteiger partial charge in [-0.2, -0.15) is 0 Å². The van der Waals surface area contributed by atoms with Crippen LogP contribution in [0.2, 0.25) is 0 Å². The molecule has 2 heterocycles. The number of aliphatic carboxylic acids is 1. The third-order valence-corrected chi connectivity index (χ3v) is 6.89. The summed E-state index contributed by atoms with van der Waals surface area (Å²) >= 11 is 0. The number of carbonyl (C=O) groups excluding carboxylic acids is 2. The molecule has 34 heavy (non-hydrogen) atoms.